The van der Waals surface area contributed by atoms with Crippen molar-refractivity contribution in [2.45, 2.75) is 12.8 Å². The highest BCUT2D eigenvalue weighted by molar-refractivity contribution is 9.10. The van der Waals surface area contributed by atoms with Gasteiger partial charge in [0.05, 0.1) is 5.56 Å². The minimum Gasteiger partial charge on any atom is -0.494 e. The Kier molecular flexibility index (Phi) is 4.59. The third-order valence-electron chi connectivity index (χ3n) is 3.60. The molecule has 0 aliphatic carbocycles. The maximum Gasteiger partial charge on any atom is 0.198 e. The standard InChI is InChI=1S/C18H17BrN2O/c19-14-8-9-17-15(11-14)16(18(22)21-17)12-20-10-4-7-13-5-2-1-3-6-13/h1-3,5-6,8-9,11-12,21-22H,4,7,10H2. The van der Waals surface area contributed by atoms with Gasteiger partial charge in [0, 0.05) is 28.1 Å². The zero-order valence-corrected chi connectivity index (χ0v) is 13.7. The first-order valence-corrected chi connectivity index (χ1v) is 8.07. The number of nitrogens with zero attached hydrogens (tertiary/aromatic N) is 1. The Bertz CT molecular complexity index is 793. The lowest BCUT2D eigenvalue weighted by Gasteiger charge is -1.98. The summed E-state index contributed by atoms with van der Waals surface area (Å²) in [6, 6.07) is 16.3. The lowest BCUT2D eigenvalue weighted by Crippen LogP contribution is -1.89. The van der Waals surface area contributed by atoms with Gasteiger partial charge in [0.1, 0.15) is 0 Å². The maximum atomic E-state index is 10.00. The van der Waals surface area contributed by atoms with Gasteiger partial charge in [0.2, 0.25) is 0 Å². The molecule has 0 saturated heterocycles. The van der Waals surface area contributed by atoms with Crippen LogP contribution in [0.5, 0.6) is 5.88 Å². The topological polar surface area (TPSA) is 48.4 Å². The van der Waals surface area contributed by atoms with Gasteiger partial charge in [-0.1, -0.05) is 46.3 Å². The second-order valence-electron chi connectivity index (χ2n) is 5.20. The number of rotatable bonds is 5. The number of aromatic amines is 1. The van der Waals surface area contributed by atoms with E-state index in [1.165, 1.54) is 5.56 Å². The Hall–Kier alpha value is -2.07. The molecule has 3 rings (SSSR count). The number of fused-ring (bicyclic) bond motifs is 1. The monoisotopic (exact) mass is 356 g/mol. The van der Waals surface area contributed by atoms with Crippen molar-refractivity contribution in [3.63, 3.8) is 0 Å². The molecule has 0 unspecified atom stereocenters. The minimum atomic E-state index is 0.167. The smallest absolute Gasteiger partial charge is 0.198 e. The normalized spacial score (nSPS) is 11.5. The van der Waals surface area contributed by atoms with Crippen molar-refractivity contribution in [1.29, 1.82) is 0 Å². The predicted molar refractivity (Wildman–Crippen MR) is 94.9 cm³/mol. The molecule has 0 saturated carbocycles. The van der Waals surface area contributed by atoms with Gasteiger partial charge in [-0.3, -0.25) is 4.99 Å². The first-order chi connectivity index (χ1) is 10.7. The maximum absolute atomic E-state index is 10.00. The van der Waals surface area contributed by atoms with E-state index < -0.39 is 0 Å². The van der Waals surface area contributed by atoms with E-state index in [2.05, 4.69) is 50.2 Å². The molecule has 2 aromatic carbocycles. The zero-order chi connectivity index (χ0) is 15.4. The Balaban J connectivity index is 1.65. The van der Waals surface area contributed by atoms with Gasteiger partial charge in [-0.25, -0.2) is 0 Å². The fourth-order valence-corrected chi connectivity index (χ4v) is 2.84. The number of aromatic hydroxyl groups is 1. The zero-order valence-electron chi connectivity index (χ0n) is 12.1. The summed E-state index contributed by atoms with van der Waals surface area (Å²) in [5, 5.41) is 11.0. The van der Waals surface area contributed by atoms with Gasteiger partial charge in [-0.15, -0.1) is 0 Å². The highest BCUT2D eigenvalue weighted by Crippen LogP contribution is 2.28. The van der Waals surface area contributed by atoms with E-state index in [0.717, 1.165) is 40.3 Å². The summed E-state index contributed by atoms with van der Waals surface area (Å²) in [4.78, 5) is 7.41. The first kappa shape index (κ1) is 14.9. The van der Waals surface area contributed by atoms with Crippen molar-refractivity contribution in [3.05, 3.63) is 64.1 Å². The SMILES string of the molecule is Oc1[nH]c2ccc(Br)cc2c1C=NCCCc1ccccc1. The van der Waals surface area contributed by atoms with E-state index in [1.54, 1.807) is 6.21 Å². The second kappa shape index (κ2) is 6.79. The third-order valence-corrected chi connectivity index (χ3v) is 4.09. The van der Waals surface area contributed by atoms with Crippen LogP contribution in [0.2, 0.25) is 0 Å². The van der Waals surface area contributed by atoms with Gasteiger partial charge in [0.25, 0.3) is 0 Å². The van der Waals surface area contributed by atoms with E-state index in [0.29, 0.717) is 0 Å². The molecule has 0 atom stereocenters. The summed E-state index contributed by atoms with van der Waals surface area (Å²) < 4.78 is 0.984. The second-order valence-corrected chi connectivity index (χ2v) is 6.12. The summed E-state index contributed by atoms with van der Waals surface area (Å²) >= 11 is 3.45. The molecule has 3 nitrogen and oxygen atoms in total. The molecule has 0 radical (unpaired) electrons. The van der Waals surface area contributed by atoms with E-state index in [9.17, 15) is 5.11 Å². The predicted octanol–water partition coefficient (Wildman–Crippen LogP) is 4.69. The molecule has 0 bridgehead atoms. The molecular formula is C18H17BrN2O. The summed E-state index contributed by atoms with van der Waals surface area (Å²) in [5.41, 5.74) is 2.99. The van der Waals surface area contributed by atoms with Gasteiger partial charge in [-0.2, -0.15) is 0 Å². The molecule has 1 aromatic heterocycles. The van der Waals surface area contributed by atoms with Crippen LogP contribution in [-0.4, -0.2) is 22.8 Å². The fourth-order valence-electron chi connectivity index (χ4n) is 2.48. The number of hydrogen-bond donors (Lipinski definition) is 2. The summed E-state index contributed by atoms with van der Waals surface area (Å²) in [7, 11) is 0. The van der Waals surface area contributed by atoms with Crippen LogP contribution in [-0.2, 0) is 6.42 Å². The van der Waals surface area contributed by atoms with Crippen LogP contribution in [0.1, 0.15) is 17.5 Å². The third kappa shape index (κ3) is 3.39. The van der Waals surface area contributed by atoms with Crippen LogP contribution < -0.4 is 0 Å². The number of aromatic nitrogens is 1. The number of nitrogens with one attached hydrogen (secondary N) is 1. The molecule has 22 heavy (non-hydrogen) atoms. The Labute approximate surface area is 137 Å². The van der Waals surface area contributed by atoms with Crippen molar-refractivity contribution in [3.8, 4) is 5.88 Å². The van der Waals surface area contributed by atoms with Crippen molar-refractivity contribution in [1.82, 2.24) is 4.98 Å². The van der Waals surface area contributed by atoms with Crippen LogP contribution in [0.4, 0.5) is 0 Å². The van der Waals surface area contributed by atoms with Gasteiger partial charge in [0.15, 0.2) is 5.88 Å². The largest absolute Gasteiger partial charge is 0.494 e. The highest BCUT2D eigenvalue weighted by Gasteiger charge is 2.08. The molecule has 2 N–H and O–H groups in total. The van der Waals surface area contributed by atoms with Crippen molar-refractivity contribution >= 4 is 33.0 Å². The van der Waals surface area contributed by atoms with Crippen LogP contribution in [0.3, 0.4) is 0 Å². The van der Waals surface area contributed by atoms with Crippen molar-refractivity contribution < 1.29 is 5.11 Å². The molecule has 0 amide bonds. The summed E-state index contributed by atoms with van der Waals surface area (Å²) in [6.07, 6.45) is 3.77. The Morgan fingerprint density at radius 1 is 1.14 bits per heavy atom. The molecule has 1 heterocycles. The van der Waals surface area contributed by atoms with E-state index in [1.807, 2.05) is 24.3 Å². The van der Waals surface area contributed by atoms with E-state index >= 15 is 0 Å². The number of benzene rings is 2. The van der Waals surface area contributed by atoms with Gasteiger partial charge >= 0.3 is 0 Å². The molecular weight excluding hydrogens is 340 g/mol. The average Bonchev–Trinajstić information content (AvgIpc) is 2.83. The summed E-state index contributed by atoms with van der Waals surface area (Å²) in [6.45, 7) is 0.745. The lowest BCUT2D eigenvalue weighted by molar-refractivity contribution is 0.457. The molecule has 0 spiro atoms. The molecule has 0 aliphatic rings. The molecule has 112 valence electrons. The Morgan fingerprint density at radius 3 is 2.77 bits per heavy atom. The van der Waals surface area contributed by atoms with Crippen LogP contribution >= 0.6 is 15.9 Å². The van der Waals surface area contributed by atoms with Crippen molar-refractivity contribution in [2.75, 3.05) is 6.54 Å². The van der Waals surface area contributed by atoms with Gasteiger partial charge in [-0.05, 0) is 36.6 Å². The minimum absolute atomic E-state index is 0.167. The van der Waals surface area contributed by atoms with Gasteiger partial charge < -0.3 is 10.1 Å². The van der Waals surface area contributed by atoms with Crippen LogP contribution in [0.15, 0.2) is 58.0 Å². The summed E-state index contributed by atoms with van der Waals surface area (Å²) in [5.74, 6) is 0.167. The van der Waals surface area contributed by atoms with Crippen LogP contribution in [0, 0.1) is 0 Å². The molecule has 3 aromatic rings. The van der Waals surface area contributed by atoms with E-state index in [4.69, 9.17) is 0 Å². The number of halogens is 1. The number of aryl methyl sites for hydroxylation is 1. The first-order valence-electron chi connectivity index (χ1n) is 7.28. The average molecular weight is 357 g/mol. The Morgan fingerprint density at radius 2 is 1.95 bits per heavy atom. The van der Waals surface area contributed by atoms with Crippen LogP contribution in [0.25, 0.3) is 10.9 Å². The highest BCUT2D eigenvalue weighted by atomic mass is 79.9. The molecule has 4 heteroatoms. The molecule has 0 aliphatic heterocycles. The fraction of sp³-hybridized carbons (Fsp3) is 0.167. The van der Waals surface area contributed by atoms with E-state index in [-0.39, 0.29) is 5.88 Å². The number of aliphatic imine (C=N–C) groups is 1. The number of hydrogen-bond acceptors (Lipinski definition) is 2. The quantitative estimate of drug-likeness (QED) is 0.505. The lowest BCUT2D eigenvalue weighted by atomic mass is 10.1. The molecule has 0 fully saturated rings. The number of H-pyrrole nitrogens is 1. The van der Waals surface area contributed by atoms with Crippen molar-refractivity contribution in [2.24, 2.45) is 4.99 Å².